The smallest absolute Gasteiger partial charge is 0.240 e. The van der Waals surface area contributed by atoms with Crippen LogP contribution in [0, 0.1) is 5.92 Å². The number of carbonyl (C=O) groups excluding carboxylic acids is 1. The minimum absolute atomic E-state index is 0.0937. The highest BCUT2D eigenvalue weighted by atomic mass is 32.2. The number of benzene rings is 1. The minimum Gasteiger partial charge on any atom is -0.326 e. The lowest BCUT2D eigenvalue weighted by Crippen LogP contribution is -2.36. The number of likely N-dealkylation sites (tertiary alicyclic amines) is 1. The van der Waals surface area contributed by atoms with Crippen molar-refractivity contribution in [2.24, 2.45) is 5.92 Å². The lowest BCUT2D eigenvalue weighted by atomic mass is 9.98. The van der Waals surface area contributed by atoms with Crippen LogP contribution in [0.25, 0.3) is 0 Å². The molecule has 0 unspecified atom stereocenters. The fourth-order valence-corrected chi connectivity index (χ4v) is 4.12. The molecule has 0 saturated carbocycles. The summed E-state index contributed by atoms with van der Waals surface area (Å²) in [7, 11) is -1.43. The number of hydrogen-bond acceptors (Lipinski definition) is 4. The molecule has 2 N–H and O–H groups in total. The zero-order valence-electron chi connectivity index (χ0n) is 12.6. The molecule has 2 aliphatic rings. The molecule has 0 aromatic heterocycles. The Bertz CT molecular complexity index is 679. The van der Waals surface area contributed by atoms with Gasteiger partial charge in [0.1, 0.15) is 0 Å². The topological polar surface area (TPSA) is 78.5 Å². The van der Waals surface area contributed by atoms with Crippen LogP contribution in [0.4, 0.5) is 5.69 Å². The van der Waals surface area contributed by atoms with Crippen molar-refractivity contribution >= 4 is 21.6 Å². The van der Waals surface area contributed by atoms with Gasteiger partial charge in [0.2, 0.25) is 15.9 Å². The maximum Gasteiger partial charge on any atom is 0.240 e. The van der Waals surface area contributed by atoms with E-state index in [9.17, 15) is 13.2 Å². The quantitative estimate of drug-likeness (QED) is 0.859. The van der Waals surface area contributed by atoms with Crippen molar-refractivity contribution in [3.8, 4) is 0 Å². The second-order valence-electron chi connectivity index (χ2n) is 6.14. The van der Waals surface area contributed by atoms with E-state index in [1.165, 1.54) is 0 Å². The van der Waals surface area contributed by atoms with Crippen LogP contribution in [0.2, 0.25) is 0 Å². The number of carbonyl (C=O) groups is 1. The van der Waals surface area contributed by atoms with E-state index >= 15 is 0 Å². The number of anilines is 1. The van der Waals surface area contributed by atoms with Gasteiger partial charge in [-0.15, -0.1) is 0 Å². The van der Waals surface area contributed by atoms with E-state index in [0.29, 0.717) is 18.2 Å². The molecule has 0 atom stereocenters. The van der Waals surface area contributed by atoms with Crippen molar-refractivity contribution in [1.29, 1.82) is 0 Å². The Kier molecular flexibility index (Phi) is 4.20. The van der Waals surface area contributed by atoms with Crippen LogP contribution in [0.1, 0.15) is 18.4 Å². The SMILES string of the molecule is CN1CCC(CNS(=O)(=O)c2ccc3c(c2)CC(=O)N3)CC1. The van der Waals surface area contributed by atoms with Crippen LogP contribution in [0.15, 0.2) is 23.1 Å². The highest BCUT2D eigenvalue weighted by Gasteiger charge is 2.23. The number of piperidine rings is 1. The lowest BCUT2D eigenvalue weighted by molar-refractivity contribution is -0.115. The third-order valence-corrected chi connectivity index (χ3v) is 5.83. The van der Waals surface area contributed by atoms with Crippen LogP contribution in [0.3, 0.4) is 0 Å². The van der Waals surface area contributed by atoms with Gasteiger partial charge in [-0.05, 0) is 62.7 Å². The van der Waals surface area contributed by atoms with E-state index in [-0.39, 0.29) is 17.2 Å². The van der Waals surface area contributed by atoms with Gasteiger partial charge in [0.05, 0.1) is 11.3 Å². The maximum atomic E-state index is 12.4. The zero-order valence-corrected chi connectivity index (χ0v) is 13.4. The summed E-state index contributed by atoms with van der Waals surface area (Å²) in [6.45, 7) is 2.50. The first-order chi connectivity index (χ1) is 10.4. The summed E-state index contributed by atoms with van der Waals surface area (Å²) in [6.07, 6.45) is 2.27. The summed E-state index contributed by atoms with van der Waals surface area (Å²) in [5.41, 5.74) is 1.45. The molecule has 1 saturated heterocycles. The van der Waals surface area contributed by atoms with Crippen LogP contribution in [0.5, 0.6) is 0 Å². The molecule has 0 radical (unpaired) electrons. The monoisotopic (exact) mass is 323 g/mol. The van der Waals surface area contributed by atoms with Crippen molar-refractivity contribution in [3.63, 3.8) is 0 Å². The van der Waals surface area contributed by atoms with Crippen molar-refractivity contribution in [2.45, 2.75) is 24.2 Å². The van der Waals surface area contributed by atoms with Gasteiger partial charge < -0.3 is 10.2 Å². The fraction of sp³-hybridized carbons (Fsp3) is 0.533. The van der Waals surface area contributed by atoms with Crippen LogP contribution in [-0.2, 0) is 21.2 Å². The molecule has 1 amide bonds. The molecule has 0 bridgehead atoms. The van der Waals surface area contributed by atoms with E-state index in [1.54, 1.807) is 18.2 Å². The number of sulfonamides is 1. The van der Waals surface area contributed by atoms with Crippen LogP contribution < -0.4 is 10.0 Å². The number of amides is 1. The summed E-state index contributed by atoms with van der Waals surface area (Å²) in [5.74, 6) is 0.299. The number of fused-ring (bicyclic) bond motifs is 1. The fourth-order valence-electron chi connectivity index (χ4n) is 2.95. The Balaban J connectivity index is 1.66. The van der Waals surface area contributed by atoms with E-state index in [4.69, 9.17) is 0 Å². The second-order valence-corrected chi connectivity index (χ2v) is 7.91. The average molecular weight is 323 g/mol. The highest BCUT2D eigenvalue weighted by Crippen LogP contribution is 2.26. The summed E-state index contributed by atoms with van der Waals surface area (Å²) < 4.78 is 27.5. The van der Waals surface area contributed by atoms with Crippen molar-refractivity contribution in [2.75, 3.05) is 32.0 Å². The highest BCUT2D eigenvalue weighted by molar-refractivity contribution is 7.89. The third-order valence-electron chi connectivity index (χ3n) is 4.41. The molecule has 1 aromatic carbocycles. The second kappa shape index (κ2) is 5.98. The molecule has 1 fully saturated rings. The van der Waals surface area contributed by atoms with Gasteiger partial charge in [0.25, 0.3) is 0 Å². The molecule has 7 heteroatoms. The van der Waals surface area contributed by atoms with Gasteiger partial charge in [-0.3, -0.25) is 4.79 Å². The van der Waals surface area contributed by atoms with Crippen molar-refractivity contribution in [1.82, 2.24) is 9.62 Å². The number of hydrogen-bond donors (Lipinski definition) is 2. The van der Waals surface area contributed by atoms with E-state index in [1.807, 2.05) is 0 Å². The van der Waals surface area contributed by atoms with Gasteiger partial charge in [-0.1, -0.05) is 0 Å². The average Bonchev–Trinajstić information content (AvgIpc) is 2.86. The van der Waals surface area contributed by atoms with Crippen LogP contribution in [-0.4, -0.2) is 45.9 Å². The summed E-state index contributed by atoms with van der Waals surface area (Å²) >= 11 is 0. The standard InChI is InChI=1S/C15H21N3O3S/c1-18-6-4-11(5-7-18)10-16-22(20,21)13-2-3-14-12(8-13)9-15(19)17-14/h2-3,8,11,16H,4-7,9-10H2,1H3,(H,17,19). The number of rotatable bonds is 4. The molecule has 3 rings (SSSR count). The Labute approximate surface area is 130 Å². The predicted octanol–water partition coefficient (Wildman–Crippen LogP) is 0.801. The number of nitrogens with zero attached hydrogens (tertiary/aromatic N) is 1. The Morgan fingerprint density at radius 3 is 2.77 bits per heavy atom. The molecule has 2 aliphatic heterocycles. The van der Waals surface area contributed by atoms with E-state index in [0.717, 1.165) is 31.5 Å². The summed E-state index contributed by atoms with van der Waals surface area (Å²) in [5, 5.41) is 2.71. The molecule has 1 aromatic rings. The first kappa shape index (κ1) is 15.5. The lowest BCUT2D eigenvalue weighted by Gasteiger charge is -2.28. The van der Waals surface area contributed by atoms with E-state index < -0.39 is 10.0 Å². The van der Waals surface area contributed by atoms with Gasteiger partial charge in [0, 0.05) is 12.2 Å². The zero-order chi connectivity index (χ0) is 15.7. The molecule has 0 aliphatic carbocycles. The Morgan fingerprint density at radius 2 is 2.05 bits per heavy atom. The van der Waals surface area contributed by atoms with Gasteiger partial charge in [-0.25, -0.2) is 13.1 Å². The van der Waals surface area contributed by atoms with Crippen molar-refractivity contribution < 1.29 is 13.2 Å². The molecule has 0 spiro atoms. The van der Waals surface area contributed by atoms with Crippen molar-refractivity contribution in [3.05, 3.63) is 23.8 Å². The van der Waals surface area contributed by atoms with E-state index in [2.05, 4.69) is 22.0 Å². The summed E-state index contributed by atoms with van der Waals surface area (Å²) in [4.78, 5) is 13.8. The van der Waals surface area contributed by atoms with Crippen LogP contribution >= 0.6 is 0 Å². The van der Waals surface area contributed by atoms with Gasteiger partial charge in [-0.2, -0.15) is 0 Å². The third kappa shape index (κ3) is 3.31. The Morgan fingerprint density at radius 1 is 1.32 bits per heavy atom. The Hall–Kier alpha value is -1.44. The van der Waals surface area contributed by atoms with Gasteiger partial charge in [0.15, 0.2) is 0 Å². The largest absolute Gasteiger partial charge is 0.326 e. The molecule has 2 heterocycles. The van der Waals surface area contributed by atoms with Gasteiger partial charge >= 0.3 is 0 Å². The first-order valence-electron chi connectivity index (χ1n) is 7.55. The molecular formula is C15H21N3O3S. The molecule has 6 nitrogen and oxygen atoms in total. The normalized spacial score (nSPS) is 20.0. The molecule has 120 valence electrons. The number of nitrogens with one attached hydrogen (secondary N) is 2. The minimum atomic E-state index is -3.51. The first-order valence-corrected chi connectivity index (χ1v) is 9.03. The predicted molar refractivity (Wildman–Crippen MR) is 84.2 cm³/mol. The molecular weight excluding hydrogens is 302 g/mol. The molecule has 22 heavy (non-hydrogen) atoms. The summed E-state index contributed by atoms with van der Waals surface area (Å²) in [6, 6.07) is 4.79. The maximum absolute atomic E-state index is 12.4.